The number of rotatable bonds is 7. The number of nitrogens with zero attached hydrogens (tertiary/aromatic N) is 1. The molecule has 0 aromatic carbocycles. The molecule has 0 fully saturated rings. The number of ether oxygens (including phenoxy) is 1. The van der Waals surface area contributed by atoms with Gasteiger partial charge in [-0.1, -0.05) is 6.08 Å². The first-order valence-electron chi connectivity index (χ1n) is 4.53. The Morgan fingerprint density at radius 3 is 3.00 bits per heavy atom. The van der Waals surface area contributed by atoms with Crippen LogP contribution >= 0.6 is 0 Å². The van der Waals surface area contributed by atoms with Crippen molar-refractivity contribution in [3.63, 3.8) is 0 Å². The zero-order valence-corrected chi connectivity index (χ0v) is 8.25. The van der Waals surface area contributed by atoms with Gasteiger partial charge in [0.1, 0.15) is 0 Å². The SMILES string of the molecule is C=CCCOCCN=C(N)NCC. The van der Waals surface area contributed by atoms with Crippen molar-refractivity contribution in [1.82, 2.24) is 5.32 Å². The molecule has 0 amide bonds. The molecule has 4 heteroatoms. The fourth-order valence-electron chi connectivity index (χ4n) is 0.736. The van der Waals surface area contributed by atoms with E-state index in [0.29, 0.717) is 25.7 Å². The summed E-state index contributed by atoms with van der Waals surface area (Å²) in [6.07, 6.45) is 2.71. The number of guanidine groups is 1. The number of hydrogen-bond donors (Lipinski definition) is 2. The second-order valence-electron chi connectivity index (χ2n) is 2.49. The summed E-state index contributed by atoms with van der Waals surface area (Å²) in [6, 6.07) is 0. The van der Waals surface area contributed by atoms with Crippen LogP contribution in [0.1, 0.15) is 13.3 Å². The predicted molar refractivity (Wildman–Crippen MR) is 55.8 cm³/mol. The maximum atomic E-state index is 5.49. The number of nitrogens with one attached hydrogen (secondary N) is 1. The van der Waals surface area contributed by atoms with Crippen LogP contribution in [-0.4, -0.2) is 32.3 Å². The Morgan fingerprint density at radius 2 is 2.38 bits per heavy atom. The van der Waals surface area contributed by atoms with Crippen LogP contribution in [0.25, 0.3) is 0 Å². The molecule has 0 aliphatic carbocycles. The Bertz CT molecular complexity index is 157. The molecule has 0 heterocycles. The van der Waals surface area contributed by atoms with Crippen molar-refractivity contribution in [2.45, 2.75) is 13.3 Å². The molecule has 0 aromatic rings. The Kier molecular flexibility index (Phi) is 8.34. The average Bonchev–Trinajstić information content (AvgIpc) is 2.11. The van der Waals surface area contributed by atoms with E-state index >= 15 is 0 Å². The second-order valence-corrected chi connectivity index (χ2v) is 2.49. The summed E-state index contributed by atoms with van der Waals surface area (Å²) in [5.74, 6) is 0.481. The van der Waals surface area contributed by atoms with Crippen LogP contribution in [0.4, 0.5) is 0 Å². The van der Waals surface area contributed by atoms with Crippen LogP contribution in [0.5, 0.6) is 0 Å². The normalized spacial score (nSPS) is 11.3. The molecule has 3 N–H and O–H groups in total. The highest BCUT2D eigenvalue weighted by molar-refractivity contribution is 5.77. The van der Waals surface area contributed by atoms with Gasteiger partial charge in [-0.15, -0.1) is 6.58 Å². The minimum absolute atomic E-state index is 0.481. The molecule has 0 unspecified atom stereocenters. The van der Waals surface area contributed by atoms with Crippen molar-refractivity contribution in [2.24, 2.45) is 10.7 Å². The molecule has 0 aromatic heterocycles. The highest BCUT2D eigenvalue weighted by Crippen LogP contribution is 1.82. The van der Waals surface area contributed by atoms with Crippen molar-refractivity contribution in [2.75, 3.05) is 26.3 Å². The third-order valence-electron chi connectivity index (χ3n) is 1.34. The van der Waals surface area contributed by atoms with E-state index in [1.54, 1.807) is 0 Å². The van der Waals surface area contributed by atoms with E-state index < -0.39 is 0 Å². The largest absolute Gasteiger partial charge is 0.379 e. The molecule has 0 saturated heterocycles. The Balaban J connectivity index is 3.22. The van der Waals surface area contributed by atoms with Crippen molar-refractivity contribution in [3.05, 3.63) is 12.7 Å². The third kappa shape index (κ3) is 8.88. The van der Waals surface area contributed by atoms with E-state index in [4.69, 9.17) is 10.5 Å². The molecule has 0 bridgehead atoms. The molecule has 0 saturated carbocycles. The second kappa shape index (κ2) is 9.06. The molecule has 13 heavy (non-hydrogen) atoms. The van der Waals surface area contributed by atoms with Crippen LogP contribution in [0.2, 0.25) is 0 Å². The molecule has 0 aliphatic heterocycles. The lowest BCUT2D eigenvalue weighted by atomic mass is 10.5. The maximum Gasteiger partial charge on any atom is 0.188 e. The van der Waals surface area contributed by atoms with Gasteiger partial charge in [0.05, 0.1) is 19.8 Å². The first-order valence-corrected chi connectivity index (χ1v) is 4.53. The molecule has 0 spiro atoms. The summed E-state index contributed by atoms with van der Waals surface area (Å²) in [5, 5.41) is 2.90. The Morgan fingerprint density at radius 1 is 1.62 bits per heavy atom. The van der Waals surface area contributed by atoms with Gasteiger partial charge >= 0.3 is 0 Å². The lowest BCUT2D eigenvalue weighted by Crippen LogP contribution is -2.31. The monoisotopic (exact) mass is 185 g/mol. The van der Waals surface area contributed by atoms with Crippen molar-refractivity contribution in [1.29, 1.82) is 0 Å². The average molecular weight is 185 g/mol. The van der Waals surface area contributed by atoms with Crippen molar-refractivity contribution < 1.29 is 4.74 Å². The highest BCUT2D eigenvalue weighted by atomic mass is 16.5. The van der Waals surface area contributed by atoms with Gasteiger partial charge in [0.2, 0.25) is 0 Å². The molecular formula is C9H19N3O. The molecule has 0 aliphatic rings. The van der Waals surface area contributed by atoms with E-state index in [9.17, 15) is 0 Å². The minimum Gasteiger partial charge on any atom is -0.379 e. The van der Waals surface area contributed by atoms with E-state index in [0.717, 1.165) is 13.0 Å². The van der Waals surface area contributed by atoms with Gasteiger partial charge < -0.3 is 15.8 Å². The topological polar surface area (TPSA) is 59.6 Å². The maximum absolute atomic E-state index is 5.49. The highest BCUT2D eigenvalue weighted by Gasteiger charge is 1.88. The number of hydrogen-bond acceptors (Lipinski definition) is 2. The zero-order chi connectivity index (χ0) is 9.94. The summed E-state index contributed by atoms with van der Waals surface area (Å²) < 4.78 is 5.24. The van der Waals surface area contributed by atoms with Gasteiger partial charge in [0.15, 0.2) is 5.96 Å². The van der Waals surface area contributed by atoms with Gasteiger partial charge in [-0.05, 0) is 13.3 Å². The van der Waals surface area contributed by atoms with Crippen molar-refractivity contribution in [3.8, 4) is 0 Å². The number of nitrogens with two attached hydrogens (primary N) is 1. The lowest BCUT2D eigenvalue weighted by molar-refractivity contribution is 0.146. The van der Waals surface area contributed by atoms with E-state index in [1.165, 1.54) is 0 Å². The molecule has 4 nitrogen and oxygen atoms in total. The fraction of sp³-hybridized carbons (Fsp3) is 0.667. The molecular weight excluding hydrogens is 166 g/mol. The summed E-state index contributed by atoms with van der Waals surface area (Å²) in [5.41, 5.74) is 5.49. The van der Waals surface area contributed by atoms with Gasteiger partial charge in [-0.3, -0.25) is 4.99 Å². The standard InChI is InChI=1S/C9H19N3O/c1-3-5-7-13-8-6-12-9(10)11-4-2/h3H,1,4-8H2,2H3,(H3,10,11,12). The summed E-state index contributed by atoms with van der Waals surface area (Å²) in [6.45, 7) is 8.29. The smallest absolute Gasteiger partial charge is 0.188 e. The Labute approximate surface area is 79.9 Å². The van der Waals surface area contributed by atoms with Crippen LogP contribution in [-0.2, 0) is 4.74 Å². The zero-order valence-electron chi connectivity index (χ0n) is 8.25. The van der Waals surface area contributed by atoms with Crippen LogP contribution in [0, 0.1) is 0 Å². The minimum atomic E-state index is 0.481. The van der Waals surface area contributed by atoms with Gasteiger partial charge in [0.25, 0.3) is 0 Å². The first-order chi connectivity index (χ1) is 6.31. The van der Waals surface area contributed by atoms with Crippen LogP contribution in [0.3, 0.4) is 0 Å². The molecule has 0 atom stereocenters. The summed E-state index contributed by atoms with van der Waals surface area (Å²) >= 11 is 0. The first kappa shape index (κ1) is 12.0. The summed E-state index contributed by atoms with van der Waals surface area (Å²) in [7, 11) is 0. The van der Waals surface area contributed by atoms with Crippen LogP contribution < -0.4 is 11.1 Å². The van der Waals surface area contributed by atoms with Gasteiger partial charge in [0, 0.05) is 6.54 Å². The fourth-order valence-corrected chi connectivity index (χ4v) is 0.736. The molecule has 76 valence electrons. The van der Waals surface area contributed by atoms with Gasteiger partial charge in [-0.2, -0.15) is 0 Å². The van der Waals surface area contributed by atoms with E-state index in [1.807, 2.05) is 13.0 Å². The van der Waals surface area contributed by atoms with Gasteiger partial charge in [-0.25, -0.2) is 0 Å². The Hall–Kier alpha value is -1.03. The third-order valence-corrected chi connectivity index (χ3v) is 1.34. The van der Waals surface area contributed by atoms with Crippen molar-refractivity contribution >= 4 is 5.96 Å². The van der Waals surface area contributed by atoms with Crippen LogP contribution in [0.15, 0.2) is 17.6 Å². The quantitative estimate of drug-likeness (QED) is 0.263. The molecule has 0 rings (SSSR count). The van der Waals surface area contributed by atoms with E-state index in [2.05, 4.69) is 16.9 Å². The predicted octanol–water partition coefficient (Wildman–Crippen LogP) is 0.503. The lowest BCUT2D eigenvalue weighted by Gasteiger charge is -2.02. The van der Waals surface area contributed by atoms with E-state index in [-0.39, 0.29) is 0 Å². The molecule has 0 radical (unpaired) electrons. The number of aliphatic imine (C=N–C) groups is 1. The summed E-state index contributed by atoms with van der Waals surface area (Å²) in [4.78, 5) is 4.04.